The standard InChI is InChI=1S/C25H30FN3O5S/c1-18(2)29(24(30)20-7-11-23(34-4)12-8-20)16-22-15-27-25(28(22)13-14-33-3)35(31,32)17-19-5-9-21(26)10-6-19/h5-12,15,18H,13-14,16-17H2,1-4H3. The number of methoxy groups -OCH3 is 2. The van der Waals surface area contributed by atoms with Gasteiger partial charge in [-0.1, -0.05) is 12.1 Å². The van der Waals surface area contributed by atoms with Gasteiger partial charge in [0, 0.05) is 25.3 Å². The molecule has 35 heavy (non-hydrogen) atoms. The Kier molecular flexibility index (Phi) is 8.63. The average molecular weight is 504 g/mol. The Morgan fingerprint density at radius 1 is 1.09 bits per heavy atom. The number of carbonyl (C=O) groups excluding carboxylic acids is 1. The molecule has 8 nitrogen and oxygen atoms in total. The van der Waals surface area contributed by atoms with Gasteiger partial charge in [0.05, 0.1) is 37.9 Å². The first-order chi connectivity index (χ1) is 16.7. The Labute approximate surface area is 205 Å². The van der Waals surface area contributed by atoms with Gasteiger partial charge < -0.3 is 18.9 Å². The maximum atomic E-state index is 13.3. The van der Waals surface area contributed by atoms with Crippen LogP contribution in [0.25, 0.3) is 0 Å². The zero-order chi connectivity index (χ0) is 25.6. The van der Waals surface area contributed by atoms with Crippen LogP contribution < -0.4 is 4.74 Å². The van der Waals surface area contributed by atoms with Crippen LogP contribution in [0.3, 0.4) is 0 Å². The number of hydrogen-bond acceptors (Lipinski definition) is 6. The highest BCUT2D eigenvalue weighted by atomic mass is 32.2. The topological polar surface area (TPSA) is 90.7 Å². The van der Waals surface area contributed by atoms with E-state index in [0.29, 0.717) is 22.6 Å². The Bertz CT molecular complexity index is 1240. The summed E-state index contributed by atoms with van der Waals surface area (Å²) in [6.45, 7) is 4.45. The fourth-order valence-electron chi connectivity index (χ4n) is 3.62. The number of benzene rings is 2. The fourth-order valence-corrected chi connectivity index (χ4v) is 5.13. The molecule has 1 heterocycles. The largest absolute Gasteiger partial charge is 0.497 e. The quantitative estimate of drug-likeness (QED) is 0.396. The third-order valence-electron chi connectivity index (χ3n) is 5.52. The SMILES string of the molecule is COCCn1c(CN(C(=O)c2ccc(OC)cc2)C(C)C)cnc1S(=O)(=O)Cc1ccc(F)cc1. The molecule has 1 amide bonds. The minimum Gasteiger partial charge on any atom is -0.497 e. The van der Waals surface area contributed by atoms with E-state index in [4.69, 9.17) is 9.47 Å². The summed E-state index contributed by atoms with van der Waals surface area (Å²) >= 11 is 0. The van der Waals surface area contributed by atoms with Gasteiger partial charge in [-0.2, -0.15) is 0 Å². The Balaban J connectivity index is 1.92. The van der Waals surface area contributed by atoms with Crippen molar-refractivity contribution >= 4 is 15.7 Å². The Morgan fingerprint density at radius 3 is 2.31 bits per heavy atom. The molecule has 0 spiro atoms. The molecule has 3 rings (SSSR count). The first-order valence-corrected chi connectivity index (χ1v) is 12.8. The summed E-state index contributed by atoms with van der Waals surface area (Å²) in [4.78, 5) is 19.1. The third kappa shape index (κ3) is 6.46. The number of sulfone groups is 1. The molecule has 1 aromatic heterocycles. The van der Waals surface area contributed by atoms with Crippen molar-refractivity contribution in [2.24, 2.45) is 0 Å². The highest BCUT2D eigenvalue weighted by Crippen LogP contribution is 2.21. The molecule has 0 aliphatic heterocycles. The van der Waals surface area contributed by atoms with Gasteiger partial charge in [0.25, 0.3) is 5.91 Å². The van der Waals surface area contributed by atoms with Crippen molar-refractivity contribution in [1.29, 1.82) is 0 Å². The van der Waals surface area contributed by atoms with Gasteiger partial charge in [0.1, 0.15) is 11.6 Å². The number of halogens is 1. The molecule has 0 radical (unpaired) electrons. The van der Waals surface area contributed by atoms with Gasteiger partial charge >= 0.3 is 0 Å². The van der Waals surface area contributed by atoms with Crippen molar-refractivity contribution in [2.45, 2.75) is 43.9 Å². The van der Waals surface area contributed by atoms with Crippen LogP contribution in [0.4, 0.5) is 4.39 Å². The van der Waals surface area contributed by atoms with Crippen LogP contribution in [0.5, 0.6) is 5.75 Å². The molecule has 0 saturated carbocycles. The minimum atomic E-state index is -3.85. The van der Waals surface area contributed by atoms with Crippen molar-refractivity contribution in [1.82, 2.24) is 14.5 Å². The maximum Gasteiger partial charge on any atom is 0.254 e. The van der Waals surface area contributed by atoms with E-state index in [0.717, 1.165) is 0 Å². The lowest BCUT2D eigenvalue weighted by Crippen LogP contribution is -2.37. The molecule has 0 saturated heterocycles. The van der Waals surface area contributed by atoms with Crippen LogP contribution >= 0.6 is 0 Å². The van der Waals surface area contributed by atoms with Gasteiger partial charge in [-0.15, -0.1) is 0 Å². The van der Waals surface area contributed by atoms with E-state index < -0.39 is 15.7 Å². The predicted octanol–water partition coefficient (Wildman–Crippen LogP) is 3.70. The molecular weight excluding hydrogens is 473 g/mol. The summed E-state index contributed by atoms with van der Waals surface area (Å²) in [5.74, 6) is -0.315. The van der Waals surface area contributed by atoms with Crippen LogP contribution in [-0.2, 0) is 33.4 Å². The van der Waals surface area contributed by atoms with Crippen molar-refractivity contribution in [2.75, 3.05) is 20.8 Å². The molecule has 2 aromatic carbocycles. The fraction of sp³-hybridized carbons (Fsp3) is 0.360. The van der Waals surface area contributed by atoms with Crippen molar-refractivity contribution in [3.8, 4) is 5.75 Å². The lowest BCUT2D eigenvalue weighted by molar-refractivity contribution is 0.0684. The van der Waals surface area contributed by atoms with Gasteiger partial charge in [-0.3, -0.25) is 4.79 Å². The highest BCUT2D eigenvalue weighted by Gasteiger charge is 2.27. The number of aromatic nitrogens is 2. The summed E-state index contributed by atoms with van der Waals surface area (Å²) in [5, 5.41) is -0.116. The van der Waals surface area contributed by atoms with Crippen LogP contribution in [0.15, 0.2) is 59.9 Å². The summed E-state index contributed by atoms with van der Waals surface area (Å²) < 4.78 is 51.6. The van der Waals surface area contributed by atoms with Crippen LogP contribution in [0.2, 0.25) is 0 Å². The third-order valence-corrected chi connectivity index (χ3v) is 7.12. The van der Waals surface area contributed by atoms with E-state index in [2.05, 4.69) is 4.98 Å². The van der Waals surface area contributed by atoms with Crippen molar-refractivity contribution in [3.05, 3.63) is 77.4 Å². The van der Waals surface area contributed by atoms with Crippen LogP contribution in [-0.4, -0.2) is 55.6 Å². The number of rotatable bonds is 11. The minimum absolute atomic E-state index is 0.116. The number of imidazole rings is 1. The molecule has 3 aromatic rings. The number of hydrogen-bond donors (Lipinski definition) is 0. The molecule has 0 atom stereocenters. The smallest absolute Gasteiger partial charge is 0.254 e. The molecule has 0 fully saturated rings. The van der Waals surface area contributed by atoms with Crippen LogP contribution in [0.1, 0.15) is 35.5 Å². The Morgan fingerprint density at radius 2 is 1.74 bits per heavy atom. The van der Waals surface area contributed by atoms with E-state index in [1.54, 1.807) is 40.8 Å². The first-order valence-electron chi connectivity index (χ1n) is 11.1. The second kappa shape index (κ2) is 11.5. The molecule has 0 aliphatic carbocycles. The van der Waals surface area contributed by atoms with Gasteiger partial charge in [-0.05, 0) is 55.8 Å². The summed E-state index contributed by atoms with van der Waals surface area (Å²) in [5.41, 5.74) is 1.51. The van der Waals surface area contributed by atoms with E-state index in [-0.39, 0.29) is 42.6 Å². The number of carbonyl (C=O) groups is 1. The maximum absolute atomic E-state index is 13.3. The molecule has 0 unspecified atom stereocenters. The summed E-state index contributed by atoms with van der Waals surface area (Å²) in [6, 6.07) is 12.0. The van der Waals surface area contributed by atoms with E-state index in [1.165, 1.54) is 37.6 Å². The zero-order valence-corrected chi connectivity index (χ0v) is 21.1. The molecular formula is C25H30FN3O5S. The molecule has 10 heteroatoms. The van der Waals surface area contributed by atoms with E-state index in [9.17, 15) is 17.6 Å². The number of nitrogens with zero attached hydrogens (tertiary/aromatic N) is 3. The zero-order valence-electron chi connectivity index (χ0n) is 20.3. The summed E-state index contributed by atoms with van der Waals surface area (Å²) in [7, 11) is -0.766. The Hall–Kier alpha value is -3.24. The van der Waals surface area contributed by atoms with Gasteiger partial charge in [0.15, 0.2) is 0 Å². The monoisotopic (exact) mass is 503 g/mol. The molecule has 188 valence electrons. The summed E-state index contributed by atoms with van der Waals surface area (Å²) in [6.07, 6.45) is 1.48. The first kappa shape index (κ1) is 26.4. The van der Waals surface area contributed by atoms with Gasteiger partial charge in [-0.25, -0.2) is 17.8 Å². The number of amides is 1. The van der Waals surface area contributed by atoms with Crippen molar-refractivity contribution in [3.63, 3.8) is 0 Å². The number of ether oxygens (including phenoxy) is 2. The van der Waals surface area contributed by atoms with Gasteiger partial charge in [0.2, 0.25) is 15.0 Å². The molecule has 0 bridgehead atoms. The normalized spacial score (nSPS) is 11.6. The molecule has 0 aliphatic rings. The van der Waals surface area contributed by atoms with E-state index >= 15 is 0 Å². The van der Waals surface area contributed by atoms with E-state index in [1.807, 2.05) is 13.8 Å². The second-order valence-corrected chi connectivity index (χ2v) is 10.2. The van der Waals surface area contributed by atoms with Crippen molar-refractivity contribution < 1.29 is 27.1 Å². The highest BCUT2D eigenvalue weighted by molar-refractivity contribution is 7.90. The average Bonchev–Trinajstić information content (AvgIpc) is 3.25. The van der Waals surface area contributed by atoms with Crippen LogP contribution in [0, 0.1) is 5.82 Å². The lowest BCUT2D eigenvalue weighted by atomic mass is 10.1. The second-order valence-electron chi connectivity index (χ2n) is 8.32. The lowest BCUT2D eigenvalue weighted by Gasteiger charge is -2.27. The predicted molar refractivity (Wildman–Crippen MR) is 129 cm³/mol. The molecule has 0 N–H and O–H groups in total.